The van der Waals surface area contributed by atoms with Gasteiger partial charge in [-0.1, -0.05) is 18.2 Å². The number of hydrogen-bond acceptors (Lipinski definition) is 5. The number of rotatable bonds is 7. The second-order valence-electron chi connectivity index (χ2n) is 5.15. The van der Waals surface area contributed by atoms with Crippen molar-refractivity contribution in [1.82, 2.24) is 5.32 Å². The predicted octanol–water partition coefficient (Wildman–Crippen LogP) is 0.972. The molecule has 0 radical (unpaired) electrons. The van der Waals surface area contributed by atoms with Gasteiger partial charge < -0.3 is 20.1 Å². The molecule has 0 bridgehead atoms. The van der Waals surface area contributed by atoms with E-state index in [9.17, 15) is 10.1 Å². The summed E-state index contributed by atoms with van der Waals surface area (Å²) in [6, 6.07) is 9.75. The Morgan fingerprint density at radius 1 is 1.43 bits per heavy atom. The predicted molar refractivity (Wildman–Crippen MR) is 86.7 cm³/mol. The van der Waals surface area contributed by atoms with E-state index < -0.39 is 0 Å². The molecular weight excluding hydrogens is 294 g/mol. The lowest BCUT2D eigenvalue weighted by atomic mass is 10.0. The number of amides is 1. The molecule has 0 aliphatic carbocycles. The van der Waals surface area contributed by atoms with E-state index in [0.29, 0.717) is 19.7 Å². The number of fused-ring (bicyclic) bond motifs is 1. The maximum absolute atomic E-state index is 12.6. The van der Waals surface area contributed by atoms with Crippen molar-refractivity contribution < 1.29 is 14.6 Å². The molecule has 1 amide bonds. The molecule has 0 saturated heterocycles. The Hall–Kier alpha value is -2.36. The average Bonchev–Trinajstić information content (AvgIpc) is 2.60. The topological polar surface area (TPSA) is 85.6 Å². The lowest BCUT2D eigenvalue weighted by Crippen LogP contribution is -2.36. The molecule has 1 aromatic carbocycles. The second-order valence-corrected chi connectivity index (χ2v) is 5.15. The third-order valence-electron chi connectivity index (χ3n) is 3.58. The fourth-order valence-corrected chi connectivity index (χ4v) is 2.50. The Bertz CT molecular complexity index is 607. The molecule has 6 nitrogen and oxygen atoms in total. The SMILES string of the molecule is N#C/C(=C/NCCOCCO)C(=O)N1CCCc2ccccc21. The number of aliphatic hydroxyl groups is 1. The number of ether oxygens (including phenoxy) is 1. The van der Waals surface area contributed by atoms with E-state index in [1.165, 1.54) is 6.20 Å². The van der Waals surface area contributed by atoms with Crippen molar-refractivity contribution in [1.29, 1.82) is 5.26 Å². The highest BCUT2D eigenvalue weighted by Crippen LogP contribution is 2.27. The number of nitrogens with zero attached hydrogens (tertiary/aromatic N) is 2. The first-order chi connectivity index (χ1) is 11.3. The number of hydrogen-bond donors (Lipinski definition) is 2. The van der Waals surface area contributed by atoms with Gasteiger partial charge in [-0.3, -0.25) is 4.79 Å². The summed E-state index contributed by atoms with van der Waals surface area (Å²) in [6.07, 6.45) is 3.28. The fourth-order valence-electron chi connectivity index (χ4n) is 2.50. The standard InChI is InChI=1S/C17H21N3O3/c18-12-15(13-19-7-10-23-11-9-21)17(22)20-8-3-5-14-4-1-2-6-16(14)20/h1-2,4,6,13,19,21H,3,5,7-11H2/b15-13-. The quantitative estimate of drug-likeness (QED) is 0.445. The fraction of sp³-hybridized carbons (Fsp3) is 0.412. The number of para-hydroxylation sites is 1. The molecule has 2 N–H and O–H groups in total. The van der Waals surface area contributed by atoms with Gasteiger partial charge in [0.05, 0.1) is 19.8 Å². The monoisotopic (exact) mass is 315 g/mol. The Kier molecular flexibility index (Phi) is 6.60. The van der Waals surface area contributed by atoms with Gasteiger partial charge in [0.2, 0.25) is 0 Å². The van der Waals surface area contributed by atoms with Crippen LogP contribution in [0.2, 0.25) is 0 Å². The van der Waals surface area contributed by atoms with Crippen molar-refractivity contribution in [2.45, 2.75) is 12.8 Å². The lowest BCUT2D eigenvalue weighted by Gasteiger charge is -2.29. The van der Waals surface area contributed by atoms with Crippen LogP contribution in [0.4, 0.5) is 5.69 Å². The van der Waals surface area contributed by atoms with Crippen molar-refractivity contribution in [2.24, 2.45) is 0 Å². The van der Waals surface area contributed by atoms with Crippen molar-refractivity contribution in [3.8, 4) is 6.07 Å². The summed E-state index contributed by atoms with van der Waals surface area (Å²) in [4.78, 5) is 14.3. The van der Waals surface area contributed by atoms with E-state index in [2.05, 4.69) is 5.32 Å². The molecule has 23 heavy (non-hydrogen) atoms. The smallest absolute Gasteiger partial charge is 0.270 e. The van der Waals surface area contributed by atoms with E-state index in [1.54, 1.807) is 4.90 Å². The van der Waals surface area contributed by atoms with Gasteiger partial charge >= 0.3 is 0 Å². The van der Waals surface area contributed by atoms with Gasteiger partial charge in [0.1, 0.15) is 11.6 Å². The zero-order valence-electron chi connectivity index (χ0n) is 13.0. The molecule has 0 fully saturated rings. The van der Waals surface area contributed by atoms with Crippen LogP contribution in [0.3, 0.4) is 0 Å². The van der Waals surface area contributed by atoms with Crippen molar-refractivity contribution in [3.05, 3.63) is 41.6 Å². The van der Waals surface area contributed by atoms with Gasteiger partial charge in [0.15, 0.2) is 0 Å². The van der Waals surface area contributed by atoms with Crippen molar-refractivity contribution in [3.63, 3.8) is 0 Å². The van der Waals surface area contributed by atoms with Crippen molar-refractivity contribution >= 4 is 11.6 Å². The molecule has 1 aliphatic rings. The number of anilines is 1. The highest BCUT2D eigenvalue weighted by atomic mass is 16.5. The second kappa shape index (κ2) is 8.93. The molecule has 0 aromatic heterocycles. The molecular formula is C17H21N3O3. The minimum Gasteiger partial charge on any atom is -0.394 e. The average molecular weight is 315 g/mol. The van der Waals surface area contributed by atoms with E-state index >= 15 is 0 Å². The Balaban J connectivity index is 1.99. The summed E-state index contributed by atoms with van der Waals surface area (Å²) in [5.74, 6) is -0.288. The summed E-state index contributed by atoms with van der Waals surface area (Å²) >= 11 is 0. The molecule has 1 heterocycles. The number of nitriles is 1. The van der Waals surface area contributed by atoms with Crippen LogP contribution < -0.4 is 10.2 Å². The van der Waals surface area contributed by atoms with Crippen LogP contribution in [0, 0.1) is 11.3 Å². The number of aliphatic hydroxyl groups excluding tert-OH is 1. The van der Waals surface area contributed by atoms with Crippen LogP contribution >= 0.6 is 0 Å². The van der Waals surface area contributed by atoms with Crippen LogP contribution in [0.5, 0.6) is 0 Å². The summed E-state index contributed by atoms with van der Waals surface area (Å²) in [5.41, 5.74) is 2.09. The van der Waals surface area contributed by atoms with Crippen LogP contribution in [0.1, 0.15) is 12.0 Å². The number of nitrogens with one attached hydrogen (secondary N) is 1. The summed E-state index contributed by atoms with van der Waals surface area (Å²) in [5, 5.41) is 20.7. The highest BCUT2D eigenvalue weighted by Gasteiger charge is 2.24. The Morgan fingerprint density at radius 2 is 2.26 bits per heavy atom. The van der Waals surface area contributed by atoms with Gasteiger partial charge in [0, 0.05) is 25.0 Å². The molecule has 1 aliphatic heterocycles. The zero-order chi connectivity index (χ0) is 16.5. The Morgan fingerprint density at radius 3 is 3.04 bits per heavy atom. The lowest BCUT2D eigenvalue weighted by molar-refractivity contribution is -0.114. The summed E-state index contributed by atoms with van der Waals surface area (Å²) in [6.45, 7) is 1.74. The zero-order valence-corrected chi connectivity index (χ0v) is 13.0. The van der Waals surface area contributed by atoms with E-state index in [-0.39, 0.29) is 24.7 Å². The van der Waals surface area contributed by atoms with E-state index in [0.717, 1.165) is 24.1 Å². The molecule has 0 atom stereocenters. The first kappa shape index (κ1) is 17.0. The molecule has 0 spiro atoms. The molecule has 2 rings (SSSR count). The number of carbonyl (C=O) groups excluding carboxylic acids is 1. The number of carbonyl (C=O) groups is 1. The van der Waals surface area contributed by atoms with Gasteiger partial charge in [-0.2, -0.15) is 5.26 Å². The molecule has 1 aromatic rings. The number of aryl methyl sites for hydroxylation is 1. The normalized spacial score (nSPS) is 14.1. The van der Waals surface area contributed by atoms with E-state index in [4.69, 9.17) is 9.84 Å². The molecule has 6 heteroatoms. The minimum absolute atomic E-state index is 0.0217. The Labute approximate surface area is 136 Å². The summed E-state index contributed by atoms with van der Waals surface area (Å²) < 4.78 is 5.10. The molecule has 0 unspecified atom stereocenters. The van der Waals surface area contributed by atoms with Crippen molar-refractivity contribution in [2.75, 3.05) is 37.8 Å². The largest absolute Gasteiger partial charge is 0.394 e. The number of benzene rings is 1. The van der Waals surface area contributed by atoms with Crippen LogP contribution in [0.25, 0.3) is 0 Å². The van der Waals surface area contributed by atoms with E-state index in [1.807, 2.05) is 30.3 Å². The first-order valence-corrected chi connectivity index (χ1v) is 7.70. The minimum atomic E-state index is -0.288. The summed E-state index contributed by atoms with van der Waals surface area (Å²) in [7, 11) is 0. The van der Waals surface area contributed by atoms with Crippen LogP contribution in [0.15, 0.2) is 36.0 Å². The molecule has 0 saturated carbocycles. The first-order valence-electron chi connectivity index (χ1n) is 7.70. The maximum atomic E-state index is 12.6. The third kappa shape index (κ3) is 4.55. The van der Waals surface area contributed by atoms with Gasteiger partial charge in [-0.05, 0) is 24.5 Å². The molecule has 122 valence electrons. The van der Waals surface area contributed by atoms with Crippen LogP contribution in [-0.4, -0.2) is 43.9 Å². The third-order valence-corrected chi connectivity index (χ3v) is 3.58. The highest BCUT2D eigenvalue weighted by molar-refractivity contribution is 6.08. The van der Waals surface area contributed by atoms with Gasteiger partial charge in [-0.25, -0.2) is 0 Å². The van der Waals surface area contributed by atoms with Gasteiger partial charge in [0.25, 0.3) is 5.91 Å². The maximum Gasteiger partial charge on any atom is 0.270 e. The van der Waals surface area contributed by atoms with Gasteiger partial charge in [-0.15, -0.1) is 0 Å². The van der Waals surface area contributed by atoms with Crippen LogP contribution in [-0.2, 0) is 16.0 Å².